The van der Waals surface area contributed by atoms with Crippen molar-refractivity contribution < 1.29 is 27.9 Å². The van der Waals surface area contributed by atoms with Crippen LogP contribution < -0.4 is 5.32 Å². The maximum Gasteiger partial charge on any atom is 0.409 e. The van der Waals surface area contributed by atoms with E-state index in [0.29, 0.717) is 12.1 Å². The number of rotatable bonds is 6. The number of amides is 1. The molecule has 0 aromatic carbocycles. The van der Waals surface area contributed by atoms with Crippen LogP contribution in [0.1, 0.15) is 35.9 Å². The Kier molecular flexibility index (Phi) is 5.12. The van der Waals surface area contributed by atoms with E-state index in [9.17, 15) is 22.8 Å². The van der Waals surface area contributed by atoms with Crippen molar-refractivity contribution in [2.24, 2.45) is 0 Å². The summed E-state index contributed by atoms with van der Waals surface area (Å²) in [5, 5.41) is 16.2. The van der Waals surface area contributed by atoms with Crippen LogP contribution in [-0.4, -0.2) is 39.4 Å². The molecule has 0 fully saturated rings. The van der Waals surface area contributed by atoms with E-state index in [1.165, 1.54) is 6.07 Å². The molecular formula is C11H14F3N3O3. The number of aryl methyl sites for hydroxylation is 1. The van der Waals surface area contributed by atoms with Gasteiger partial charge in [-0.1, -0.05) is 13.3 Å². The van der Waals surface area contributed by atoms with Gasteiger partial charge in [-0.05, 0) is 12.5 Å². The lowest BCUT2D eigenvalue weighted by molar-refractivity contribution is -0.165. The van der Waals surface area contributed by atoms with Crippen LogP contribution in [0.25, 0.3) is 0 Å². The number of H-pyrrole nitrogens is 1. The summed E-state index contributed by atoms with van der Waals surface area (Å²) in [6.07, 6.45) is -4.68. The molecule has 0 saturated heterocycles. The highest BCUT2D eigenvalue weighted by molar-refractivity contribution is 5.92. The molecule has 6 nitrogen and oxygen atoms in total. The van der Waals surface area contributed by atoms with Gasteiger partial charge in [-0.15, -0.1) is 0 Å². The normalized spacial score (nSPS) is 13.0. The van der Waals surface area contributed by atoms with Gasteiger partial charge in [-0.25, -0.2) is 0 Å². The molecule has 0 unspecified atom stereocenters. The molecule has 3 N–H and O–H groups in total. The third-order valence-electron chi connectivity index (χ3n) is 2.46. The summed E-state index contributed by atoms with van der Waals surface area (Å²) in [5.41, 5.74) is 0.424. The zero-order valence-corrected chi connectivity index (χ0v) is 10.6. The zero-order valence-electron chi connectivity index (χ0n) is 10.6. The minimum Gasteiger partial charge on any atom is -0.481 e. The summed E-state index contributed by atoms with van der Waals surface area (Å²) in [4.78, 5) is 22.0. The van der Waals surface area contributed by atoms with Crippen molar-refractivity contribution in [3.05, 3.63) is 17.5 Å². The molecule has 0 aliphatic rings. The van der Waals surface area contributed by atoms with Crippen LogP contribution in [-0.2, 0) is 11.2 Å². The molecule has 0 saturated carbocycles. The van der Waals surface area contributed by atoms with Gasteiger partial charge in [-0.2, -0.15) is 18.3 Å². The highest BCUT2D eigenvalue weighted by Gasteiger charge is 2.42. The van der Waals surface area contributed by atoms with E-state index in [1.54, 1.807) is 5.32 Å². The van der Waals surface area contributed by atoms with Crippen molar-refractivity contribution in [1.29, 1.82) is 0 Å². The van der Waals surface area contributed by atoms with Crippen LogP contribution in [0.4, 0.5) is 13.2 Å². The van der Waals surface area contributed by atoms with Crippen LogP contribution in [0.5, 0.6) is 0 Å². The second-order valence-electron chi connectivity index (χ2n) is 4.19. The SMILES string of the molecule is CCCc1cc(C(=O)N[C@@H](CC(=O)O)C(F)(F)F)n[nH]1. The number of aromatic amines is 1. The Hall–Kier alpha value is -2.06. The number of carbonyl (C=O) groups is 2. The summed E-state index contributed by atoms with van der Waals surface area (Å²) >= 11 is 0. The number of aliphatic carboxylic acids is 1. The fourth-order valence-corrected chi connectivity index (χ4v) is 1.53. The first-order chi connectivity index (χ1) is 9.24. The molecule has 9 heteroatoms. The maximum absolute atomic E-state index is 12.6. The molecule has 20 heavy (non-hydrogen) atoms. The van der Waals surface area contributed by atoms with Gasteiger partial charge < -0.3 is 10.4 Å². The van der Waals surface area contributed by atoms with E-state index < -0.39 is 30.5 Å². The van der Waals surface area contributed by atoms with E-state index in [1.807, 2.05) is 6.92 Å². The van der Waals surface area contributed by atoms with Crippen LogP contribution >= 0.6 is 0 Å². The lowest BCUT2D eigenvalue weighted by Gasteiger charge is -2.19. The first kappa shape index (κ1) is 16.0. The second-order valence-corrected chi connectivity index (χ2v) is 4.19. The molecule has 0 radical (unpaired) electrons. The van der Waals surface area contributed by atoms with Crippen LogP contribution in [0, 0.1) is 0 Å². The summed E-state index contributed by atoms with van der Waals surface area (Å²) in [7, 11) is 0. The molecule has 0 bridgehead atoms. The maximum atomic E-state index is 12.6. The Morgan fingerprint density at radius 2 is 2.15 bits per heavy atom. The standard InChI is InChI=1S/C11H14F3N3O3/c1-2-3-6-4-7(17-16-6)10(20)15-8(5-9(18)19)11(12,13)14/h4,8H,2-3,5H2,1H3,(H,15,20)(H,16,17)(H,18,19)/t8-/m0/s1. The lowest BCUT2D eigenvalue weighted by atomic mass is 10.2. The topological polar surface area (TPSA) is 95.1 Å². The van der Waals surface area contributed by atoms with Crippen molar-refractivity contribution in [3.8, 4) is 0 Å². The van der Waals surface area contributed by atoms with Gasteiger partial charge in [0.15, 0.2) is 0 Å². The molecule has 112 valence electrons. The van der Waals surface area contributed by atoms with Crippen molar-refractivity contribution in [1.82, 2.24) is 15.5 Å². The van der Waals surface area contributed by atoms with Gasteiger partial charge in [0.25, 0.3) is 5.91 Å². The highest BCUT2D eigenvalue weighted by atomic mass is 19.4. The second kappa shape index (κ2) is 6.40. The average Bonchev–Trinajstić information content (AvgIpc) is 2.75. The summed E-state index contributed by atoms with van der Waals surface area (Å²) in [6, 6.07) is -1.11. The molecular weight excluding hydrogens is 279 g/mol. The van der Waals surface area contributed by atoms with Gasteiger partial charge in [0.1, 0.15) is 11.7 Å². The fraction of sp³-hybridized carbons (Fsp3) is 0.545. The van der Waals surface area contributed by atoms with Gasteiger partial charge in [0.2, 0.25) is 0 Å². The van der Waals surface area contributed by atoms with Gasteiger partial charge in [0, 0.05) is 5.69 Å². The number of carbonyl (C=O) groups excluding carboxylic acids is 1. The summed E-state index contributed by atoms with van der Waals surface area (Å²) in [6.45, 7) is 1.90. The van der Waals surface area contributed by atoms with Gasteiger partial charge >= 0.3 is 12.1 Å². The first-order valence-electron chi connectivity index (χ1n) is 5.87. The Bertz CT molecular complexity index is 485. The molecule has 1 aromatic heterocycles. The Morgan fingerprint density at radius 1 is 1.50 bits per heavy atom. The molecule has 0 spiro atoms. The minimum absolute atomic E-state index is 0.201. The summed E-state index contributed by atoms with van der Waals surface area (Å²) in [5.74, 6) is -2.71. The van der Waals surface area contributed by atoms with E-state index in [-0.39, 0.29) is 5.69 Å². The number of nitrogens with zero attached hydrogens (tertiary/aromatic N) is 1. The van der Waals surface area contributed by atoms with Crippen molar-refractivity contribution in [3.63, 3.8) is 0 Å². The van der Waals surface area contributed by atoms with Crippen molar-refractivity contribution in [2.75, 3.05) is 0 Å². The van der Waals surface area contributed by atoms with E-state index in [4.69, 9.17) is 5.11 Å². The molecule has 1 amide bonds. The van der Waals surface area contributed by atoms with Crippen molar-refractivity contribution in [2.45, 2.75) is 38.4 Å². The number of halogens is 3. The van der Waals surface area contributed by atoms with Crippen molar-refractivity contribution >= 4 is 11.9 Å². The third-order valence-corrected chi connectivity index (χ3v) is 2.46. The zero-order chi connectivity index (χ0) is 15.3. The van der Waals surface area contributed by atoms with Gasteiger partial charge in [-0.3, -0.25) is 14.7 Å². The number of carboxylic acids is 1. The highest BCUT2D eigenvalue weighted by Crippen LogP contribution is 2.22. The van der Waals surface area contributed by atoms with E-state index in [0.717, 1.165) is 6.42 Å². The fourth-order valence-electron chi connectivity index (χ4n) is 1.53. The smallest absolute Gasteiger partial charge is 0.409 e. The monoisotopic (exact) mass is 293 g/mol. The van der Waals surface area contributed by atoms with Gasteiger partial charge in [0.05, 0.1) is 6.42 Å². The van der Waals surface area contributed by atoms with E-state index in [2.05, 4.69) is 10.2 Å². The third kappa shape index (κ3) is 4.56. The predicted octanol–water partition coefficient (Wildman–Crippen LogP) is 1.50. The minimum atomic E-state index is -4.84. The van der Waals surface area contributed by atoms with Crippen LogP contribution in [0.2, 0.25) is 0 Å². The van der Waals surface area contributed by atoms with Crippen LogP contribution in [0.15, 0.2) is 6.07 Å². The number of hydrogen-bond acceptors (Lipinski definition) is 3. The lowest BCUT2D eigenvalue weighted by Crippen LogP contribution is -2.46. The largest absolute Gasteiger partial charge is 0.481 e. The molecule has 1 rings (SSSR count). The number of aromatic nitrogens is 2. The quantitative estimate of drug-likeness (QED) is 0.740. The Morgan fingerprint density at radius 3 is 2.65 bits per heavy atom. The Labute approximate surface area is 112 Å². The summed E-state index contributed by atoms with van der Waals surface area (Å²) < 4.78 is 37.7. The average molecular weight is 293 g/mol. The van der Waals surface area contributed by atoms with Crippen LogP contribution in [0.3, 0.4) is 0 Å². The number of alkyl halides is 3. The van der Waals surface area contributed by atoms with E-state index >= 15 is 0 Å². The molecule has 1 atom stereocenters. The number of nitrogens with one attached hydrogen (secondary N) is 2. The molecule has 0 aliphatic heterocycles. The predicted molar refractivity (Wildman–Crippen MR) is 62.1 cm³/mol. The molecule has 0 aliphatic carbocycles. The number of hydrogen-bond donors (Lipinski definition) is 3. The number of carboxylic acid groups (broad SMARTS) is 1. The Balaban J connectivity index is 2.76. The molecule has 1 aromatic rings. The first-order valence-corrected chi connectivity index (χ1v) is 5.87. The molecule has 1 heterocycles.